The summed E-state index contributed by atoms with van der Waals surface area (Å²) in [5.74, 6) is -0.0754. The van der Waals surface area contributed by atoms with Crippen molar-refractivity contribution in [2.45, 2.75) is 26.3 Å². The van der Waals surface area contributed by atoms with Crippen LogP contribution < -0.4 is 10.1 Å². The van der Waals surface area contributed by atoms with Crippen LogP contribution in [0.5, 0.6) is 5.75 Å². The molecule has 0 amide bonds. The van der Waals surface area contributed by atoms with E-state index in [2.05, 4.69) is 23.3 Å². The van der Waals surface area contributed by atoms with Gasteiger partial charge in [-0.05, 0) is 31.5 Å². The van der Waals surface area contributed by atoms with E-state index in [1.165, 1.54) is 0 Å². The maximum absolute atomic E-state index is 11.5. The number of hydrogen-bond donors (Lipinski definition) is 2. The number of fused-ring (bicyclic) bond motifs is 2. The third kappa shape index (κ3) is 2.69. The van der Waals surface area contributed by atoms with E-state index in [1.54, 1.807) is 16.7 Å². The molecule has 25 heavy (non-hydrogen) atoms. The number of aryl methyl sites for hydroxylation is 2. The number of pyridine rings is 1. The van der Waals surface area contributed by atoms with Crippen molar-refractivity contribution in [2.24, 2.45) is 0 Å². The van der Waals surface area contributed by atoms with Crippen LogP contribution in [0.15, 0.2) is 36.7 Å². The van der Waals surface area contributed by atoms with E-state index in [4.69, 9.17) is 4.74 Å². The molecule has 0 fully saturated rings. The first-order chi connectivity index (χ1) is 12.0. The largest absolute Gasteiger partial charge is 0.493 e. The van der Waals surface area contributed by atoms with E-state index < -0.39 is 5.97 Å². The smallest absolute Gasteiger partial charge is 0.337 e. The fourth-order valence-electron chi connectivity index (χ4n) is 3.43. The van der Waals surface area contributed by atoms with Gasteiger partial charge in [-0.25, -0.2) is 9.78 Å². The lowest BCUT2D eigenvalue weighted by Gasteiger charge is -2.29. The van der Waals surface area contributed by atoms with E-state index >= 15 is 0 Å². The van der Waals surface area contributed by atoms with Crippen LogP contribution in [-0.4, -0.2) is 27.1 Å². The molecule has 6 nitrogen and oxygen atoms in total. The van der Waals surface area contributed by atoms with Crippen LogP contribution in [0.25, 0.3) is 5.65 Å². The first-order valence-corrected chi connectivity index (χ1v) is 8.24. The van der Waals surface area contributed by atoms with Crippen LogP contribution in [0.3, 0.4) is 0 Å². The van der Waals surface area contributed by atoms with Crippen molar-refractivity contribution >= 4 is 17.3 Å². The lowest BCUT2D eigenvalue weighted by molar-refractivity contribution is 0.0696. The molecule has 6 heteroatoms. The van der Waals surface area contributed by atoms with Crippen molar-refractivity contribution in [3.05, 3.63) is 59.0 Å². The highest BCUT2D eigenvalue weighted by molar-refractivity contribution is 5.90. The second-order valence-corrected chi connectivity index (χ2v) is 6.38. The summed E-state index contributed by atoms with van der Waals surface area (Å²) < 4.78 is 7.53. The highest BCUT2D eigenvalue weighted by Crippen LogP contribution is 2.37. The molecule has 0 spiro atoms. The molecule has 0 bridgehead atoms. The summed E-state index contributed by atoms with van der Waals surface area (Å²) in [6.45, 7) is 4.58. The number of aromatic nitrogens is 2. The molecule has 0 aliphatic carbocycles. The van der Waals surface area contributed by atoms with E-state index in [9.17, 15) is 9.90 Å². The predicted molar refractivity (Wildman–Crippen MR) is 94.5 cm³/mol. The third-order valence-corrected chi connectivity index (χ3v) is 4.55. The van der Waals surface area contributed by atoms with Gasteiger partial charge in [0.25, 0.3) is 0 Å². The van der Waals surface area contributed by atoms with E-state index in [0.29, 0.717) is 12.3 Å². The van der Waals surface area contributed by atoms with Crippen LogP contribution in [0.1, 0.15) is 39.6 Å². The molecule has 1 aliphatic heterocycles. The molecule has 1 aliphatic rings. The standard InChI is InChI=1S/C19H19N3O3/c1-11-4-3-5-16-17(11)14(6-7-25-16)21-15-8-13(19(23)24)10-22-9-12(2)20-18(15)22/h3-5,8-10,14,21H,6-7H2,1-2H3,(H,23,24)/t14-/m0/s1. The number of carbonyl (C=O) groups is 1. The number of benzene rings is 1. The average molecular weight is 337 g/mol. The van der Waals surface area contributed by atoms with Crippen LogP contribution in [0.2, 0.25) is 0 Å². The van der Waals surface area contributed by atoms with Gasteiger partial charge in [0.05, 0.1) is 29.6 Å². The zero-order valence-electron chi connectivity index (χ0n) is 14.1. The van der Waals surface area contributed by atoms with E-state index in [-0.39, 0.29) is 11.6 Å². The quantitative estimate of drug-likeness (QED) is 0.764. The summed E-state index contributed by atoms with van der Waals surface area (Å²) in [5, 5.41) is 12.9. The number of nitrogens with zero attached hydrogens (tertiary/aromatic N) is 2. The van der Waals surface area contributed by atoms with Gasteiger partial charge in [-0.3, -0.25) is 0 Å². The number of imidazole rings is 1. The van der Waals surface area contributed by atoms with Gasteiger partial charge in [0.2, 0.25) is 0 Å². The Kier molecular flexibility index (Phi) is 3.60. The van der Waals surface area contributed by atoms with Crippen molar-refractivity contribution in [1.82, 2.24) is 9.38 Å². The lowest BCUT2D eigenvalue weighted by atomic mass is 9.95. The van der Waals surface area contributed by atoms with Crippen LogP contribution in [-0.2, 0) is 0 Å². The molecular weight excluding hydrogens is 318 g/mol. The normalized spacial score (nSPS) is 16.3. The van der Waals surface area contributed by atoms with Gasteiger partial charge >= 0.3 is 5.97 Å². The fourth-order valence-corrected chi connectivity index (χ4v) is 3.43. The maximum Gasteiger partial charge on any atom is 0.337 e. The van der Waals surface area contributed by atoms with Gasteiger partial charge in [-0.15, -0.1) is 0 Å². The van der Waals surface area contributed by atoms with Crippen LogP contribution >= 0.6 is 0 Å². The third-order valence-electron chi connectivity index (χ3n) is 4.55. The summed E-state index contributed by atoms with van der Waals surface area (Å²) >= 11 is 0. The summed E-state index contributed by atoms with van der Waals surface area (Å²) in [6, 6.07) is 7.72. The average Bonchev–Trinajstić information content (AvgIpc) is 2.95. The molecule has 2 N–H and O–H groups in total. The minimum absolute atomic E-state index is 0.0507. The maximum atomic E-state index is 11.5. The monoisotopic (exact) mass is 337 g/mol. The van der Waals surface area contributed by atoms with Crippen molar-refractivity contribution in [3.8, 4) is 5.75 Å². The molecule has 0 saturated heterocycles. The Morgan fingerprint density at radius 3 is 3.00 bits per heavy atom. The summed E-state index contributed by atoms with van der Waals surface area (Å²) in [4.78, 5) is 16.0. The first-order valence-electron chi connectivity index (χ1n) is 8.24. The molecule has 0 saturated carbocycles. The number of rotatable bonds is 3. The Labute approximate surface area is 145 Å². The van der Waals surface area contributed by atoms with E-state index in [1.807, 2.05) is 25.3 Å². The highest BCUT2D eigenvalue weighted by atomic mass is 16.5. The van der Waals surface area contributed by atoms with Crippen molar-refractivity contribution < 1.29 is 14.6 Å². The second-order valence-electron chi connectivity index (χ2n) is 6.38. The molecule has 4 rings (SSSR count). The molecule has 128 valence electrons. The topological polar surface area (TPSA) is 75.9 Å². The molecule has 3 aromatic rings. The van der Waals surface area contributed by atoms with Gasteiger partial charge in [-0.2, -0.15) is 0 Å². The van der Waals surface area contributed by atoms with Crippen molar-refractivity contribution in [2.75, 3.05) is 11.9 Å². The Morgan fingerprint density at radius 2 is 2.20 bits per heavy atom. The first kappa shape index (κ1) is 15.5. The van der Waals surface area contributed by atoms with Crippen molar-refractivity contribution in [3.63, 3.8) is 0 Å². The van der Waals surface area contributed by atoms with Crippen molar-refractivity contribution in [1.29, 1.82) is 0 Å². The summed E-state index contributed by atoms with van der Waals surface area (Å²) in [6.07, 6.45) is 4.23. The molecular formula is C19H19N3O3. The van der Waals surface area contributed by atoms with Gasteiger partial charge in [0, 0.05) is 24.4 Å². The predicted octanol–water partition coefficient (Wildman–Crippen LogP) is 3.59. The fraction of sp³-hybridized carbons (Fsp3) is 0.263. The Balaban J connectivity index is 1.81. The summed E-state index contributed by atoms with van der Waals surface area (Å²) in [7, 11) is 0. The molecule has 2 aromatic heterocycles. The van der Waals surface area contributed by atoms with Crippen LogP contribution in [0, 0.1) is 13.8 Å². The Bertz CT molecular complexity index is 977. The molecule has 1 aromatic carbocycles. The van der Waals surface area contributed by atoms with Gasteiger partial charge in [0.15, 0.2) is 5.65 Å². The number of aromatic carboxylic acids is 1. The molecule has 0 unspecified atom stereocenters. The Morgan fingerprint density at radius 1 is 1.36 bits per heavy atom. The summed E-state index contributed by atoms with van der Waals surface area (Å²) in [5.41, 5.74) is 4.78. The zero-order valence-corrected chi connectivity index (χ0v) is 14.1. The molecule has 0 radical (unpaired) electrons. The van der Waals surface area contributed by atoms with Gasteiger partial charge in [-0.1, -0.05) is 12.1 Å². The number of carboxylic acid groups (broad SMARTS) is 1. The number of carboxylic acids is 1. The number of nitrogens with one attached hydrogen (secondary N) is 1. The van der Waals surface area contributed by atoms with Crippen LogP contribution in [0.4, 0.5) is 5.69 Å². The van der Waals surface area contributed by atoms with Gasteiger partial charge in [0.1, 0.15) is 5.75 Å². The highest BCUT2D eigenvalue weighted by Gasteiger charge is 2.24. The number of hydrogen-bond acceptors (Lipinski definition) is 4. The zero-order chi connectivity index (χ0) is 17.6. The minimum Gasteiger partial charge on any atom is -0.493 e. The minimum atomic E-state index is -0.958. The second kappa shape index (κ2) is 5.81. The molecule has 1 atom stereocenters. The SMILES string of the molecule is Cc1cn2cc(C(=O)O)cc(N[C@H]3CCOc4cccc(C)c43)c2n1. The van der Waals surface area contributed by atoms with E-state index in [0.717, 1.165) is 34.6 Å². The van der Waals surface area contributed by atoms with Gasteiger partial charge < -0.3 is 19.6 Å². The lowest BCUT2D eigenvalue weighted by Crippen LogP contribution is -2.22. The number of anilines is 1. The Hall–Kier alpha value is -3.02. The molecule has 3 heterocycles. The number of ether oxygens (including phenoxy) is 1.